The van der Waals surface area contributed by atoms with Crippen LogP contribution in [0.3, 0.4) is 0 Å². The zero-order chi connectivity index (χ0) is 12.3. The van der Waals surface area contributed by atoms with E-state index in [0.717, 1.165) is 25.1 Å². The van der Waals surface area contributed by atoms with Crippen molar-refractivity contribution < 1.29 is 4.79 Å². The van der Waals surface area contributed by atoms with Crippen molar-refractivity contribution in [2.75, 3.05) is 11.9 Å². The van der Waals surface area contributed by atoms with E-state index in [2.05, 4.69) is 29.5 Å². The van der Waals surface area contributed by atoms with E-state index in [4.69, 9.17) is 0 Å². The molecule has 1 aromatic rings. The fraction of sp³-hybridized carbons (Fsp3) is 0.667. The van der Waals surface area contributed by atoms with Crippen LogP contribution in [0.25, 0.3) is 0 Å². The molecular weight excluding hydrogens is 234 g/mol. The minimum atomic E-state index is -0.0462. The van der Waals surface area contributed by atoms with Gasteiger partial charge in [0, 0.05) is 5.38 Å². The number of carbonyl (C=O) groups is 1. The summed E-state index contributed by atoms with van der Waals surface area (Å²) in [6.07, 6.45) is 3.22. The van der Waals surface area contributed by atoms with E-state index in [-0.39, 0.29) is 11.9 Å². The number of amides is 1. The van der Waals surface area contributed by atoms with Crippen molar-refractivity contribution in [3.63, 3.8) is 0 Å². The maximum Gasteiger partial charge on any atom is 0.243 e. The maximum absolute atomic E-state index is 11.9. The monoisotopic (exact) mass is 253 g/mol. The Labute approximate surface area is 106 Å². The van der Waals surface area contributed by atoms with Gasteiger partial charge >= 0.3 is 0 Å². The Morgan fingerprint density at radius 2 is 2.41 bits per heavy atom. The topological polar surface area (TPSA) is 54.0 Å². The summed E-state index contributed by atoms with van der Waals surface area (Å²) < 4.78 is 0. The third kappa shape index (κ3) is 3.26. The molecule has 0 saturated carbocycles. The molecule has 2 rings (SSSR count). The predicted octanol–water partition coefficient (Wildman–Crippen LogP) is 2.35. The van der Waals surface area contributed by atoms with Crippen LogP contribution >= 0.6 is 11.3 Å². The van der Waals surface area contributed by atoms with Crippen LogP contribution in [0.15, 0.2) is 5.38 Å². The molecule has 2 N–H and O–H groups in total. The van der Waals surface area contributed by atoms with Gasteiger partial charge in [-0.3, -0.25) is 4.79 Å². The fourth-order valence-electron chi connectivity index (χ4n) is 1.88. The van der Waals surface area contributed by atoms with Crippen LogP contribution in [0.1, 0.15) is 44.7 Å². The SMILES string of the molecule is CC(C)c1csc(NC(=O)[C@H]2CCCCN2)n1. The summed E-state index contributed by atoms with van der Waals surface area (Å²) in [5.41, 5.74) is 1.04. The lowest BCUT2D eigenvalue weighted by atomic mass is 10.0. The van der Waals surface area contributed by atoms with E-state index in [1.807, 2.05) is 5.38 Å². The highest BCUT2D eigenvalue weighted by Crippen LogP contribution is 2.21. The van der Waals surface area contributed by atoms with Gasteiger partial charge in [0.25, 0.3) is 0 Å². The molecule has 17 heavy (non-hydrogen) atoms. The van der Waals surface area contributed by atoms with Crippen molar-refractivity contribution in [1.82, 2.24) is 10.3 Å². The number of nitrogens with one attached hydrogen (secondary N) is 2. The van der Waals surface area contributed by atoms with Gasteiger partial charge in [0.05, 0.1) is 11.7 Å². The minimum absolute atomic E-state index is 0.0462. The highest BCUT2D eigenvalue weighted by molar-refractivity contribution is 7.13. The van der Waals surface area contributed by atoms with Crippen molar-refractivity contribution in [3.05, 3.63) is 11.1 Å². The van der Waals surface area contributed by atoms with Gasteiger partial charge in [0.15, 0.2) is 5.13 Å². The second kappa shape index (κ2) is 5.60. The standard InChI is InChI=1S/C12H19N3OS/c1-8(2)10-7-17-12(14-10)15-11(16)9-5-3-4-6-13-9/h7-9,13H,3-6H2,1-2H3,(H,14,15,16)/t9-/m1/s1. The minimum Gasteiger partial charge on any atom is -0.306 e. The van der Waals surface area contributed by atoms with E-state index in [9.17, 15) is 4.79 Å². The van der Waals surface area contributed by atoms with Crippen molar-refractivity contribution in [1.29, 1.82) is 0 Å². The molecule has 5 heteroatoms. The first-order valence-electron chi connectivity index (χ1n) is 6.16. The first kappa shape index (κ1) is 12.5. The molecule has 4 nitrogen and oxygen atoms in total. The van der Waals surface area contributed by atoms with Crippen LogP contribution in [-0.2, 0) is 4.79 Å². The van der Waals surface area contributed by atoms with Gasteiger partial charge in [0.1, 0.15) is 0 Å². The van der Waals surface area contributed by atoms with Crippen LogP contribution in [0.4, 0.5) is 5.13 Å². The molecule has 1 atom stereocenters. The highest BCUT2D eigenvalue weighted by atomic mass is 32.1. The Morgan fingerprint density at radius 1 is 1.59 bits per heavy atom. The van der Waals surface area contributed by atoms with Crippen LogP contribution in [0.5, 0.6) is 0 Å². The third-order valence-electron chi connectivity index (χ3n) is 2.97. The van der Waals surface area contributed by atoms with E-state index in [1.54, 1.807) is 0 Å². The molecule has 2 heterocycles. The molecule has 0 bridgehead atoms. The average Bonchev–Trinajstić information content (AvgIpc) is 2.79. The van der Waals surface area contributed by atoms with Crippen molar-refractivity contribution in [2.45, 2.75) is 45.1 Å². The summed E-state index contributed by atoms with van der Waals surface area (Å²) in [5.74, 6) is 0.457. The first-order valence-corrected chi connectivity index (χ1v) is 7.04. The Kier molecular flexibility index (Phi) is 4.12. The molecule has 1 saturated heterocycles. The Hall–Kier alpha value is -0.940. The van der Waals surface area contributed by atoms with Gasteiger partial charge < -0.3 is 10.6 Å². The van der Waals surface area contributed by atoms with Crippen molar-refractivity contribution in [3.8, 4) is 0 Å². The number of piperidine rings is 1. The molecule has 1 fully saturated rings. The number of thiazole rings is 1. The van der Waals surface area contributed by atoms with Gasteiger partial charge in [0.2, 0.25) is 5.91 Å². The van der Waals surface area contributed by atoms with Crippen LogP contribution in [0.2, 0.25) is 0 Å². The van der Waals surface area contributed by atoms with Crippen molar-refractivity contribution in [2.24, 2.45) is 0 Å². The van der Waals surface area contributed by atoms with E-state index >= 15 is 0 Å². The summed E-state index contributed by atoms with van der Waals surface area (Å²) in [6.45, 7) is 5.14. The molecular formula is C12H19N3OS. The summed E-state index contributed by atoms with van der Waals surface area (Å²) in [4.78, 5) is 16.3. The number of hydrogen-bond acceptors (Lipinski definition) is 4. The normalized spacial score (nSPS) is 20.5. The van der Waals surface area contributed by atoms with E-state index < -0.39 is 0 Å². The molecule has 0 aromatic carbocycles. The van der Waals surface area contributed by atoms with Crippen LogP contribution < -0.4 is 10.6 Å². The van der Waals surface area contributed by atoms with E-state index in [0.29, 0.717) is 11.0 Å². The molecule has 0 spiro atoms. The Balaban J connectivity index is 1.92. The quantitative estimate of drug-likeness (QED) is 0.869. The zero-order valence-electron chi connectivity index (χ0n) is 10.3. The van der Waals surface area contributed by atoms with Crippen LogP contribution in [-0.4, -0.2) is 23.5 Å². The fourth-order valence-corrected chi connectivity index (χ4v) is 2.75. The summed E-state index contributed by atoms with van der Waals surface area (Å²) in [5, 5.41) is 8.85. The number of anilines is 1. The van der Waals surface area contributed by atoms with E-state index in [1.165, 1.54) is 17.8 Å². The maximum atomic E-state index is 11.9. The number of aromatic nitrogens is 1. The van der Waals surface area contributed by atoms with Gasteiger partial charge in [-0.1, -0.05) is 20.3 Å². The largest absolute Gasteiger partial charge is 0.306 e. The van der Waals surface area contributed by atoms with Gasteiger partial charge in [-0.25, -0.2) is 4.98 Å². The lowest BCUT2D eigenvalue weighted by molar-refractivity contribution is -0.118. The second-order valence-electron chi connectivity index (χ2n) is 4.72. The molecule has 0 radical (unpaired) electrons. The number of hydrogen-bond donors (Lipinski definition) is 2. The molecule has 1 amide bonds. The lowest BCUT2D eigenvalue weighted by Crippen LogP contribution is -2.43. The smallest absolute Gasteiger partial charge is 0.243 e. The molecule has 1 aromatic heterocycles. The van der Waals surface area contributed by atoms with Crippen LogP contribution in [0, 0.1) is 0 Å². The number of nitrogens with zero attached hydrogens (tertiary/aromatic N) is 1. The number of carbonyl (C=O) groups excluding carboxylic acids is 1. The van der Waals surface area contributed by atoms with Gasteiger partial charge in [-0.15, -0.1) is 11.3 Å². The summed E-state index contributed by atoms with van der Waals surface area (Å²) in [6, 6.07) is -0.0462. The lowest BCUT2D eigenvalue weighted by Gasteiger charge is -2.21. The molecule has 0 unspecified atom stereocenters. The third-order valence-corrected chi connectivity index (χ3v) is 3.75. The first-order chi connectivity index (χ1) is 8.16. The highest BCUT2D eigenvalue weighted by Gasteiger charge is 2.21. The predicted molar refractivity (Wildman–Crippen MR) is 70.5 cm³/mol. The summed E-state index contributed by atoms with van der Waals surface area (Å²) in [7, 11) is 0. The zero-order valence-corrected chi connectivity index (χ0v) is 11.1. The average molecular weight is 253 g/mol. The molecule has 0 aliphatic carbocycles. The Bertz CT molecular complexity index is 383. The number of rotatable bonds is 3. The molecule has 1 aliphatic heterocycles. The summed E-state index contributed by atoms with van der Waals surface area (Å²) >= 11 is 1.50. The second-order valence-corrected chi connectivity index (χ2v) is 5.58. The molecule has 94 valence electrons. The molecule has 1 aliphatic rings. The van der Waals surface area contributed by atoms with Crippen molar-refractivity contribution >= 4 is 22.4 Å². The van der Waals surface area contributed by atoms with Gasteiger partial charge in [-0.05, 0) is 25.3 Å². The Morgan fingerprint density at radius 3 is 3.00 bits per heavy atom. The van der Waals surface area contributed by atoms with Gasteiger partial charge in [-0.2, -0.15) is 0 Å².